The van der Waals surface area contributed by atoms with Gasteiger partial charge in [0.2, 0.25) is 0 Å². The minimum Gasteiger partial charge on any atom is -0.244 e. The molecule has 5 aromatic rings. The van der Waals surface area contributed by atoms with Crippen molar-refractivity contribution in [2.24, 2.45) is 0 Å². The minimum absolute atomic E-state index is 0.180. The second-order valence-corrected chi connectivity index (χ2v) is 7.57. The van der Waals surface area contributed by atoms with Crippen LogP contribution in [0.1, 0.15) is 22.3 Å². The van der Waals surface area contributed by atoms with Crippen molar-refractivity contribution in [1.82, 2.24) is 14.8 Å². The van der Waals surface area contributed by atoms with Gasteiger partial charge in [0.25, 0.3) is 0 Å². The summed E-state index contributed by atoms with van der Waals surface area (Å²) in [4.78, 5) is 4.42. The van der Waals surface area contributed by atoms with Gasteiger partial charge in [0.05, 0.1) is 17.3 Å². The molecule has 2 aromatic heterocycles. The molecule has 148 valence electrons. The molecule has 0 spiro atoms. The van der Waals surface area contributed by atoms with E-state index in [1.807, 2.05) is 59.3 Å². The van der Waals surface area contributed by atoms with Crippen molar-refractivity contribution in [2.45, 2.75) is 5.54 Å². The maximum atomic E-state index is 9.56. The molecule has 0 aliphatic carbocycles. The number of hydrogen-bond donors (Lipinski definition) is 0. The third-order valence-corrected chi connectivity index (χ3v) is 5.81. The molecule has 0 saturated carbocycles. The van der Waals surface area contributed by atoms with Gasteiger partial charge in [-0.2, -0.15) is 10.4 Å². The first kappa shape index (κ1) is 19.0. The summed E-state index contributed by atoms with van der Waals surface area (Å²) in [6.07, 6.45) is 1.70. The molecule has 0 amide bonds. The summed E-state index contributed by atoms with van der Waals surface area (Å²) in [5.74, 6) is 0. The van der Waals surface area contributed by atoms with Crippen LogP contribution in [0.4, 0.5) is 0 Å². The Balaban J connectivity index is 1.97. The van der Waals surface area contributed by atoms with Gasteiger partial charge in [-0.1, -0.05) is 103 Å². The van der Waals surface area contributed by atoms with Crippen LogP contribution >= 0.6 is 11.6 Å². The first-order chi connectivity index (χ1) is 15.2. The lowest BCUT2D eigenvalue weighted by Crippen LogP contribution is -2.38. The van der Waals surface area contributed by atoms with Gasteiger partial charge in [-0.05, 0) is 22.8 Å². The number of fused-ring (bicyclic) bond motifs is 1. The Hall–Kier alpha value is -3.94. The van der Waals surface area contributed by atoms with Crippen LogP contribution in [-0.4, -0.2) is 14.8 Å². The molecule has 0 atom stereocenters. The van der Waals surface area contributed by atoms with E-state index >= 15 is 0 Å². The quantitative estimate of drug-likeness (QED) is 0.273. The molecular weight excluding hydrogens is 404 g/mol. The molecule has 0 aliphatic rings. The predicted molar refractivity (Wildman–Crippen MR) is 122 cm³/mol. The molecule has 0 N–H and O–H groups in total. The number of halogens is 1. The largest absolute Gasteiger partial charge is 0.244 e. The molecule has 0 aliphatic heterocycles. The van der Waals surface area contributed by atoms with E-state index in [1.54, 1.807) is 12.3 Å². The number of benzene rings is 3. The normalized spacial score (nSPS) is 11.4. The fourth-order valence-electron chi connectivity index (χ4n) is 4.18. The highest BCUT2D eigenvalue weighted by molar-refractivity contribution is 6.30. The molecule has 3 aromatic carbocycles. The van der Waals surface area contributed by atoms with Crippen LogP contribution in [-0.2, 0) is 5.54 Å². The summed E-state index contributed by atoms with van der Waals surface area (Å²) >= 11 is 6.21. The Kier molecular flexibility index (Phi) is 4.74. The van der Waals surface area contributed by atoms with Crippen molar-refractivity contribution in [1.29, 1.82) is 5.26 Å². The molecule has 0 saturated heterocycles. The number of rotatable bonds is 4. The number of aromatic nitrogens is 3. The van der Waals surface area contributed by atoms with Crippen molar-refractivity contribution in [3.8, 4) is 6.07 Å². The summed E-state index contributed by atoms with van der Waals surface area (Å²) in [6.45, 7) is 0. The predicted octanol–water partition coefficient (Wildman–Crippen LogP) is 5.80. The summed E-state index contributed by atoms with van der Waals surface area (Å²) in [6, 6.07) is 34.7. The third kappa shape index (κ3) is 2.99. The standard InChI is InChI=1S/C26H17ClN4/c27-25-19(17-28)16-24-23(30-25)18-29-31(24)26(20-10-4-1-5-11-20,21-12-6-2-7-13-21)22-14-8-3-9-15-22/h1-16,18H. The van der Waals surface area contributed by atoms with Crippen LogP contribution in [0.2, 0.25) is 5.15 Å². The van der Waals surface area contributed by atoms with Gasteiger partial charge in [0.1, 0.15) is 22.3 Å². The van der Waals surface area contributed by atoms with E-state index in [0.717, 1.165) is 22.2 Å². The lowest BCUT2D eigenvalue weighted by atomic mass is 9.77. The molecular formula is C26H17ClN4. The van der Waals surface area contributed by atoms with E-state index in [4.69, 9.17) is 16.7 Å². The molecule has 0 bridgehead atoms. The van der Waals surface area contributed by atoms with Gasteiger partial charge < -0.3 is 0 Å². The van der Waals surface area contributed by atoms with Crippen molar-refractivity contribution in [2.75, 3.05) is 0 Å². The van der Waals surface area contributed by atoms with Gasteiger partial charge in [-0.25, -0.2) is 9.67 Å². The summed E-state index contributed by atoms with van der Waals surface area (Å²) in [7, 11) is 0. The molecule has 5 rings (SSSR count). The Bertz CT molecular complexity index is 1290. The summed E-state index contributed by atoms with van der Waals surface area (Å²) < 4.78 is 1.95. The van der Waals surface area contributed by atoms with Crippen LogP contribution in [0.25, 0.3) is 11.0 Å². The molecule has 0 radical (unpaired) electrons. The second kappa shape index (κ2) is 7.71. The van der Waals surface area contributed by atoms with Gasteiger partial charge in [0, 0.05) is 0 Å². The Labute approximate surface area is 185 Å². The van der Waals surface area contributed by atoms with Gasteiger partial charge >= 0.3 is 0 Å². The zero-order chi connectivity index (χ0) is 21.3. The molecule has 5 heteroatoms. The number of pyridine rings is 1. The van der Waals surface area contributed by atoms with Crippen molar-refractivity contribution in [3.63, 3.8) is 0 Å². The average Bonchev–Trinajstić information content (AvgIpc) is 3.24. The fourth-order valence-corrected chi connectivity index (χ4v) is 4.37. The summed E-state index contributed by atoms with van der Waals surface area (Å²) in [5, 5.41) is 14.5. The number of nitriles is 1. The smallest absolute Gasteiger partial charge is 0.147 e. The van der Waals surface area contributed by atoms with E-state index in [0.29, 0.717) is 11.1 Å². The topological polar surface area (TPSA) is 54.5 Å². The maximum Gasteiger partial charge on any atom is 0.147 e. The molecule has 2 heterocycles. The highest BCUT2D eigenvalue weighted by Crippen LogP contribution is 2.42. The third-order valence-electron chi connectivity index (χ3n) is 5.52. The van der Waals surface area contributed by atoms with E-state index in [-0.39, 0.29) is 5.15 Å². The van der Waals surface area contributed by atoms with Gasteiger partial charge in [0.15, 0.2) is 0 Å². The molecule has 0 unspecified atom stereocenters. The zero-order valence-electron chi connectivity index (χ0n) is 16.5. The monoisotopic (exact) mass is 420 g/mol. The van der Waals surface area contributed by atoms with Crippen LogP contribution in [0.15, 0.2) is 103 Å². The zero-order valence-corrected chi connectivity index (χ0v) is 17.2. The van der Waals surface area contributed by atoms with Crippen LogP contribution in [0, 0.1) is 11.3 Å². The van der Waals surface area contributed by atoms with E-state index in [2.05, 4.69) is 47.5 Å². The van der Waals surface area contributed by atoms with Crippen molar-refractivity contribution >= 4 is 22.6 Å². The minimum atomic E-state index is -0.770. The molecule has 31 heavy (non-hydrogen) atoms. The van der Waals surface area contributed by atoms with Gasteiger partial charge in [-0.3, -0.25) is 0 Å². The first-order valence-corrected chi connectivity index (χ1v) is 10.2. The van der Waals surface area contributed by atoms with Crippen molar-refractivity contribution in [3.05, 3.63) is 131 Å². The number of hydrogen-bond acceptors (Lipinski definition) is 3. The first-order valence-electron chi connectivity index (χ1n) is 9.86. The average molecular weight is 421 g/mol. The van der Waals surface area contributed by atoms with Crippen LogP contribution in [0.3, 0.4) is 0 Å². The van der Waals surface area contributed by atoms with Crippen molar-refractivity contribution < 1.29 is 0 Å². The lowest BCUT2D eigenvalue weighted by Gasteiger charge is -2.36. The SMILES string of the molecule is N#Cc1cc2c(cnn2C(c2ccccc2)(c2ccccc2)c2ccccc2)nc1Cl. The summed E-state index contributed by atoms with van der Waals surface area (Å²) in [5.41, 5.74) is 4.06. The van der Waals surface area contributed by atoms with Crippen LogP contribution in [0.5, 0.6) is 0 Å². The maximum absolute atomic E-state index is 9.56. The highest BCUT2D eigenvalue weighted by atomic mass is 35.5. The molecule has 0 fully saturated rings. The van der Waals surface area contributed by atoms with E-state index in [1.165, 1.54) is 0 Å². The lowest BCUT2D eigenvalue weighted by molar-refractivity contribution is 0.476. The van der Waals surface area contributed by atoms with Crippen LogP contribution < -0.4 is 0 Å². The Morgan fingerprint density at radius 3 is 1.71 bits per heavy atom. The molecule has 4 nitrogen and oxygen atoms in total. The second-order valence-electron chi connectivity index (χ2n) is 7.21. The highest BCUT2D eigenvalue weighted by Gasteiger charge is 2.40. The van der Waals surface area contributed by atoms with Gasteiger partial charge in [-0.15, -0.1) is 0 Å². The number of nitrogens with zero attached hydrogens (tertiary/aromatic N) is 4. The van der Waals surface area contributed by atoms with E-state index in [9.17, 15) is 5.26 Å². The fraction of sp³-hybridized carbons (Fsp3) is 0.0385. The Morgan fingerprint density at radius 1 is 0.774 bits per heavy atom. The Morgan fingerprint density at radius 2 is 1.26 bits per heavy atom. The van der Waals surface area contributed by atoms with E-state index < -0.39 is 5.54 Å².